The number of hydrogen-bond donors (Lipinski definition) is 0. The van der Waals surface area contributed by atoms with Crippen LogP contribution < -0.4 is 4.89 Å². The van der Waals surface area contributed by atoms with Crippen molar-refractivity contribution in [2.45, 2.75) is 405 Å². The quantitative estimate of drug-likeness (QED) is 0.0195. The second-order valence-electron chi connectivity index (χ2n) is 27.7. The minimum Gasteiger partial charge on any atom is -0.756 e. The molecule has 0 aliphatic carbocycles. The minimum atomic E-state index is -4.64. The summed E-state index contributed by atoms with van der Waals surface area (Å²) in [6, 6.07) is 0. The fourth-order valence-electron chi connectivity index (χ4n) is 11.7. The van der Waals surface area contributed by atoms with Gasteiger partial charge in [0.2, 0.25) is 0 Å². The summed E-state index contributed by atoms with van der Waals surface area (Å²) < 4.78 is 34.4. The van der Waals surface area contributed by atoms with Crippen LogP contribution in [0.25, 0.3) is 0 Å². The molecule has 0 rings (SSSR count). The average molecular weight is 1260 g/mol. The number of nitrogens with zero attached hydrogens (tertiary/aromatic N) is 1. The molecular formula is C78H150NO8P. The highest BCUT2D eigenvalue weighted by atomic mass is 31.2. The molecule has 0 aliphatic heterocycles. The van der Waals surface area contributed by atoms with Crippen molar-refractivity contribution in [1.29, 1.82) is 0 Å². The Balaban J connectivity index is 3.89. The van der Waals surface area contributed by atoms with Crippen molar-refractivity contribution in [3.63, 3.8) is 0 Å². The number of carbonyl (C=O) groups excluding carboxylic acids is 2. The molecule has 9 nitrogen and oxygen atoms in total. The van der Waals surface area contributed by atoms with Crippen LogP contribution in [0.1, 0.15) is 399 Å². The molecule has 0 N–H and O–H groups in total. The molecule has 0 aromatic carbocycles. The van der Waals surface area contributed by atoms with Crippen LogP contribution in [-0.2, 0) is 32.7 Å². The number of likely N-dealkylation sites (N-methyl/N-ethyl adjacent to an activating group) is 1. The van der Waals surface area contributed by atoms with Crippen molar-refractivity contribution in [1.82, 2.24) is 0 Å². The van der Waals surface area contributed by atoms with E-state index in [2.05, 4.69) is 50.3 Å². The van der Waals surface area contributed by atoms with E-state index in [-0.39, 0.29) is 32.0 Å². The third kappa shape index (κ3) is 73.3. The fraction of sp³-hybridized carbons (Fsp3) is 0.897. The predicted molar refractivity (Wildman–Crippen MR) is 379 cm³/mol. The first-order valence-corrected chi connectivity index (χ1v) is 40.2. The maximum Gasteiger partial charge on any atom is 0.306 e. The van der Waals surface area contributed by atoms with Gasteiger partial charge in [-0.2, -0.15) is 0 Å². The second-order valence-corrected chi connectivity index (χ2v) is 29.1. The Morgan fingerprint density at radius 3 is 0.909 bits per heavy atom. The molecule has 520 valence electrons. The number of esters is 2. The van der Waals surface area contributed by atoms with Crippen LogP contribution in [0.15, 0.2) is 36.5 Å². The third-order valence-corrected chi connectivity index (χ3v) is 18.6. The van der Waals surface area contributed by atoms with Gasteiger partial charge in [0.05, 0.1) is 27.7 Å². The third-order valence-electron chi connectivity index (χ3n) is 17.6. The number of rotatable bonds is 73. The number of phosphoric acid groups is 1. The zero-order valence-electron chi connectivity index (χ0n) is 59.5. The van der Waals surface area contributed by atoms with Crippen molar-refractivity contribution in [2.75, 3.05) is 47.5 Å². The van der Waals surface area contributed by atoms with E-state index >= 15 is 0 Å². The summed E-state index contributed by atoms with van der Waals surface area (Å²) >= 11 is 0. The Bertz CT molecular complexity index is 1580. The van der Waals surface area contributed by atoms with Gasteiger partial charge >= 0.3 is 11.9 Å². The van der Waals surface area contributed by atoms with Crippen LogP contribution in [0.5, 0.6) is 0 Å². The molecule has 0 spiro atoms. The lowest BCUT2D eigenvalue weighted by Gasteiger charge is -2.28. The molecule has 88 heavy (non-hydrogen) atoms. The minimum absolute atomic E-state index is 0.0283. The van der Waals surface area contributed by atoms with Crippen LogP contribution in [0, 0.1) is 0 Å². The predicted octanol–water partition coefficient (Wildman–Crippen LogP) is 24.8. The van der Waals surface area contributed by atoms with E-state index in [1.807, 2.05) is 21.1 Å². The number of carbonyl (C=O) groups is 2. The number of hydrogen-bond acceptors (Lipinski definition) is 8. The second kappa shape index (κ2) is 69.6. The molecular weight excluding hydrogens is 1110 g/mol. The van der Waals surface area contributed by atoms with E-state index in [0.717, 1.165) is 44.9 Å². The fourth-order valence-corrected chi connectivity index (χ4v) is 12.4. The summed E-state index contributed by atoms with van der Waals surface area (Å²) in [5.41, 5.74) is 0. The Kier molecular flexibility index (Phi) is 68.2. The lowest BCUT2D eigenvalue weighted by Crippen LogP contribution is -2.37. The van der Waals surface area contributed by atoms with E-state index in [0.29, 0.717) is 17.4 Å². The van der Waals surface area contributed by atoms with Gasteiger partial charge in [-0.25, -0.2) is 0 Å². The van der Waals surface area contributed by atoms with Crippen LogP contribution in [-0.4, -0.2) is 70.0 Å². The molecule has 0 fully saturated rings. The molecule has 0 aliphatic rings. The molecule has 0 saturated heterocycles. The Morgan fingerprint density at radius 2 is 0.614 bits per heavy atom. The highest BCUT2D eigenvalue weighted by Gasteiger charge is 2.22. The normalized spacial score (nSPS) is 13.2. The summed E-state index contributed by atoms with van der Waals surface area (Å²) in [5, 5.41) is 0. The molecule has 0 saturated carbocycles. The smallest absolute Gasteiger partial charge is 0.306 e. The van der Waals surface area contributed by atoms with Gasteiger partial charge in [0.25, 0.3) is 7.82 Å². The van der Waals surface area contributed by atoms with Crippen molar-refractivity contribution in [3.8, 4) is 0 Å². The van der Waals surface area contributed by atoms with Crippen molar-refractivity contribution >= 4 is 19.8 Å². The molecule has 0 bridgehead atoms. The van der Waals surface area contributed by atoms with Crippen LogP contribution >= 0.6 is 7.82 Å². The van der Waals surface area contributed by atoms with Crippen molar-refractivity contribution in [2.24, 2.45) is 0 Å². The molecule has 2 unspecified atom stereocenters. The monoisotopic (exact) mass is 1260 g/mol. The van der Waals surface area contributed by atoms with Gasteiger partial charge in [-0.15, -0.1) is 0 Å². The van der Waals surface area contributed by atoms with E-state index in [1.165, 1.54) is 321 Å². The molecule has 0 radical (unpaired) electrons. The number of ether oxygens (including phenoxy) is 2. The maximum atomic E-state index is 12.9. The number of phosphoric ester groups is 1. The van der Waals surface area contributed by atoms with E-state index in [9.17, 15) is 19.0 Å². The highest BCUT2D eigenvalue weighted by Crippen LogP contribution is 2.38. The van der Waals surface area contributed by atoms with Gasteiger partial charge in [-0.05, 0) is 70.6 Å². The van der Waals surface area contributed by atoms with Gasteiger partial charge in [0.15, 0.2) is 6.10 Å². The topological polar surface area (TPSA) is 111 Å². The van der Waals surface area contributed by atoms with Gasteiger partial charge < -0.3 is 27.9 Å². The van der Waals surface area contributed by atoms with E-state index in [1.54, 1.807) is 0 Å². The molecule has 0 amide bonds. The number of unbranched alkanes of at least 4 members (excludes halogenated alkanes) is 53. The molecule has 0 aromatic rings. The summed E-state index contributed by atoms with van der Waals surface area (Å²) in [6.45, 7) is 4.30. The lowest BCUT2D eigenvalue weighted by atomic mass is 10.0. The molecule has 2 atom stereocenters. The van der Waals surface area contributed by atoms with E-state index < -0.39 is 26.5 Å². The zero-order chi connectivity index (χ0) is 64.1. The first-order chi connectivity index (χ1) is 43.0. The zero-order valence-corrected chi connectivity index (χ0v) is 60.4. The summed E-state index contributed by atoms with van der Waals surface area (Å²) in [7, 11) is 1.19. The standard InChI is InChI=1S/C78H150NO8P/c1-6-8-10-12-14-16-18-20-22-24-26-28-30-32-33-34-35-36-37-38-39-40-41-42-43-44-45-47-48-50-52-54-56-58-60-62-64-66-68-70-77(80)84-74-76(75-86-88(82,83)85-73-72-79(3,4)5)87-78(81)71-69-67-65-63-61-59-57-55-53-51-49-46-31-29-27-25-23-21-19-17-15-13-11-9-7-2/h19,21,24-27,76H,6-18,20,22-23,28-75H2,1-5H3/b21-19-,26-24-,27-25-. The number of quaternary nitrogens is 1. The van der Waals surface area contributed by atoms with Gasteiger partial charge in [0, 0.05) is 12.8 Å². The highest BCUT2D eigenvalue weighted by molar-refractivity contribution is 7.45. The first-order valence-electron chi connectivity index (χ1n) is 38.7. The Hall–Kier alpha value is -1.77. The SMILES string of the molecule is CCCCCCC/C=C\C/C=C\CCCCCCCCCCCCCCCC(=O)OC(COC(=O)CCCCCCCCCCCCCCCCCCCCCCCCCCCCC/C=C\CCCCCCCCCC)COP(=O)([O-])OCC[N+](C)(C)C. The summed E-state index contributed by atoms with van der Waals surface area (Å²) in [4.78, 5) is 38.1. The van der Waals surface area contributed by atoms with Crippen molar-refractivity contribution < 1.29 is 42.1 Å². The van der Waals surface area contributed by atoms with Crippen LogP contribution in [0.2, 0.25) is 0 Å². The summed E-state index contributed by atoms with van der Waals surface area (Å²) in [6.07, 6.45) is 89.8. The van der Waals surface area contributed by atoms with Gasteiger partial charge in [-0.3, -0.25) is 14.2 Å². The lowest BCUT2D eigenvalue weighted by molar-refractivity contribution is -0.870. The molecule has 0 heterocycles. The first kappa shape index (κ1) is 86.2. The van der Waals surface area contributed by atoms with E-state index in [4.69, 9.17) is 18.5 Å². The Morgan fingerprint density at radius 1 is 0.352 bits per heavy atom. The maximum absolute atomic E-state index is 12.9. The largest absolute Gasteiger partial charge is 0.756 e. The van der Waals surface area contributed by atoms with Crippen LogP contribution in [0.4, 0.5) is 0 Å². The van der Waals surface area contributed by atoms with Crippen molar-refractivity contribution in [3.05, 3.63) is 36.5 Å². The number of allylic oxidation sites excluding steroid dienone is 6. The Labute approximate surface area is 548 Å². The van der Waals surface area contributed by atoms with Gasteiger partial charge in [-0.1, -0.05) is 352 Å². The summed E-state index contributed by atoms with van der Waals surface area (Å²) in [5.74, 6) is -0.812. The van der Waals surface area contributed by atoms with Gasteiger partial charge in [0.1, 0.15) is 19.8 Å². The van der Waals surface area contributed by atoms with Crippen LogP contribution in [0.3, 0.4) is 0 Å². The molecule has 10 heteroatoms. The average Bonchev–Trinajstić information content (AvgIpc) is 3.57. The molecule has 0 aromatic heterocycles.